The fourth-order valence-electron chi connectivity index (χ4n) is 0.475. The van der Waals surface area contributed by atoms with Crippen molar-refractivity contribution in [2.45, 2.75) is 44.5 Å². The van der Waals surface area contributed by atoms with Crippen LogP contribution in [-0.4, -0.2) is 16.4 Å². The van der Waals surface area contributed by atoms with E-state index in [2.05, 4.69) is 55.9 Å². The molecule has 2 heteroatoms. The van der Waals surface area contributed by atoms with Crippen LogP contribution in [0.5, 0.6) is 0 Å². The lowest BCUT2D eigenvalue weighted by Gasteiger charge is -2.26. The second-order valence-corrected chi connectivity index (χ2v) is 6.47. The molecule has 0 radical (unpaired) electrons. The molecule has 0 spiro atoms. The van der Waals surface area contributed by atoms with Crippen LogP contribution in [0.3, 0.4) is 0 Å². The molecule has 0 aromatic rings. The van der Waals surface area contributed by atoms with Crippen LogP contribution in [0, 0.1) is 0 Å². The van der Waals surface area contributed by atoms with Gasteiger partial charge in [-0.3, -0.25) is 0 Å². The zero-order valence-corrected chi connectivity index (χ0v) is 9.17. The average Bonchev–Trinajstić information content (AvgIpc) is 1.57. The molecule has 0 amide bonds. The molecule has 0 atom stereocenters. The number of halogens is 1. The maximum Gasteiger partial charge on any atom is 0.0326 e. The zero-order chi connectivity index (χ0) is 8.41. The summed E-state index contributed by atoms with van der Waals surface area (Å²) >= 11 is 3.57. The molecule has 0 aliphatic heterocycles. The van der Waals surface area contributed by atoms with E-state index in [-0.39, 0.29) is 9.86 Å². The molecule has 0 unspecified atom stereocenters. The third kappa shape index (κ3) is 8.44. The van der Waals surface area contributed by atoms with E-state index in [0.717, 1.165) is 6.54 Å². The summed E-state index contributed by atoms with van der Waals surface area (Å²) in [5, 5.41) is 3.41. The minimum atomic E-state index is 0.209. The highest BCUT2D eigenvalue weighted by Gasteiger charge is 2.16. The number of alkyl halides is 1. The second kappa shape index (κ2) is 3.22. The van der Waals surface area contributed by atoms with Crippen molar-refractivity contribution in [1.82, 2.24) is 5.32 Å². The first-order valence-corrected chi connectivity index (χ1v) is 4.44. The molecule has 0 bridgehead atoms. The fourth-order valence-corrected chi connectivity index (χ4v) is 0.616. The quantitative estimate of drug-likeness (QED) is 0.687. The van der Waals surface area contributed by atoms with Gasteiger partial charge in [0, 0.05) is 16.4 Å². The van der Waals surface area contributed by atoms with Crippen molar-refractivity contribution in [2.75, 3.05) is 6.54 Å². The minimum Gasteiger partial charge on any atom is -0.311 e. The van der Waals surface area contributed by atoms with Gasteiger partial charge in [-0.2, -0.15) is 0 Å². The fraction of sp³-hybridized carbons (Fsp3) is 1.00. The number of rotatable bonds is 2. The Bertz CT molecular complexity index is 82.8. The lowest BCUT2D eigenvalue weighted by Crippen LogP contribution is -2.42. The standard InChI is InChI=1S/C8H18BrN/c1-7(2,3)10-6-8(4,5)9/h10H,6H2,1-5H3. The van der Waals surface area contributed by atoms with Gasteiger partial charge in [0.2, 0.25) is 0 Å². The predicted octanol–water partition coefficient (Wildman–Crippen LogP) is 2.55. The second-order valence-electron chi connectivity index (χ2n) is 4.32. The molecule has 0 heterocycles. The number of hydrogen-bond donors (Lipinski definition) is 1. The van der Waals surface area contributed by atoms with Gasteiger partial charge in [0.25, 0.3) is 0 Å². The summed E-state index contributed by atoms with van der Waals surface area (Å²) in [5.74, 6) is 0. The minimum absolute atomic E-state index is 0.209. The first kappa shape index (κ1) is 10.4. The molecule has 1 N–H and O–H groups in total. The Morgan fingerprint density at radius 2 is 1.50 bits per heavy atom. The van der Waals surface area contributed by atoms with Crippen molar-refractivity contribution in [2.24, 2.45) is 0 Å². The van der Waals surface area contributed by atoms with Gasteiger partial charge >= 0.3 is 0 Å². The van der Waals surface area contributed by atoms with E-state index < -0.39 is 0 Å². The molecule has 1 nitrogen and oxygen atoms in total. The molecular weight excluding hydrogens is 190 g/mol. The first-order valence-electron chi connectivity index (χ1n) is 3.65. The van der Waals surface area contributed by atoms with Gasteiger partial charge in [0.15, 0.2) is 0 Å². The van der Waals surface area contributed by atoms with Crippen LogP contribution in [0.15, 0.2) is 0 Å². The molecule has 62 valence electrons. The highest BCUT2D eigenvalue weighted by molar-refractivity contribution is 9.10. The Morgan fingerprint density at radius 1 is 1.10 bits per heavy atom. The van der Waals surface area contributed by atoms with Crippen LogP contribution in [-0.2, 0) is 0 Å². The molecule has 0 aromatic carbocycles. The van der Waals surface area contributed by atoms with Gasteiger partial charge in [0.1, 0.15) is 0 Å². The van der Waals surface area contributed by atoms with Crippen molar-refractivity contribution < 1.29 is 0 Å². The van der Waals surface area contributed by atoms with Crippen molar-refractivity contribution in [3.63, 3.8) is 0 Å². The first-order chi connectivity index (χ1) is 4.21. The third-order valence-electron chi connectivity index (χ3n) is 1.04. The van der Waals surface area contributed by atoms with Gasteiger partial charge in [-0.25, -0.2) is 0 Å². The van der Waals surface area contributed by atoms with Gasteiger partial charge in [-0.15, -0.1) is 0 Å². The third-order valence-corrected chi connectivity index (χ3v) is 1.32. The van der Waals surface area contributed by atoms with Crippen LogP contribution in [0.4, 0.5) is 0 Å². The Labute approximate surface area is 72.7 Å². The highest BCUT2D eigenvalue weighted by atomic mass is 79.9. The van der Waals surface area contributed by atoms with Gasteiger partial charge in [-0.1, -0.05) is 15.9 Å². The molecule has 0 fully saturated rings. The SMILES string of the molecule is CC(C)(Br)CNC(C)(C)C. The van der Waals surface area contributed by atoms with E-state index in [1.165, 1.54) is 0 Å². The summed E-state index contributed by atoms with van der Waals surface area (Å²) in [4.78, 5) is 0. The Hall–Kier alpha value is 0.440. The van der Waals surface area contributed by atoms with E-state index in [4.69, 9.17) is 0 Å². The van der Waals surface area contributed by atoms with E-state index in [0.29, 0.717) is 0 Å². The predicted molar refractivity (Wildman–Crippen MR) is 50.8 cm³/mol. The normalized spacial score (nSPS) is 13.8. The van der Waals surface area contributed by atoms with Gasteiger partial charge in [-0.05, 0) is 34.6 Å². The van der Waals surface area contributed by atoms with E-state index in [9.17, 15) is 0 Å². The van der Waals surface area contributed by atoms with Gasteiger partial charge in [0.05, 0.1) is 0 Å². The molecule has 0 saturated carbocycles. The summed E-state index contributed by atoms with van der Waals surface area (Å²) in [6.07, 6.45) is 0. The summed E-state index contributed by atoms with van der Waals surface area (Å²) < 4.78 is 0.209. The van der Waals surface area contributed by atoms with Crippen LogP contribution < -0.4 is 5.32 Å². The zero-order valence-electron chi connectivity index (χ0n) is 7.59. The Balaban J connectivity index is 3.56. The number of nitrogens with one attached hydrogen (secondary N) is 1. The monoisotopic (exact) mass is 207 g/mol. The average molecular weight is 208 g/mol. The molecular formula is C8H18BrN. The molecule has 10 heavy (non-hydrogen) atoms. The van der Waals surface area contributed by atoms with Crippen molar-refractivity contribution in [3.05, 3.63) is 0 Å². The van der Waals surface area contributed by atoms with Crippen LogP contribution in [0.2, 0.25) is 0 Å². The Kier molecular flexibility index (Phi) is 3.37. The summed E-state index contributed by atoms with van der Waals surface area (Å²) in [5.41, 5.74) is 0.227. The lowest BCUT2D eigenvalue weighted by molar-refractivity contribution is 0.408. The lowest BCUT2D eigenvalue weighted by atomic mass is 10.1. The smallest absolute Gasteiger partial charge is 0.0326 e. The van der Waals surface area contributed by atoms with Crippen molar-refractivity contribution in [3.8, 4) is 0 Å². The van der Waals surface area contributed by atoms with Gasteiger partial charge < -0.3 is 5.32 Å². The van der Waals surface area contributed by atoms with E-state index in [1.54, 1.807) is 0 Å². The molecule has 0 aromatic heterocycles. The molecule has 0 aliphatic rings. The summed E-state index contributed by atoms with van der Waals surface area (Å²) in [7, 11) is 0. The maximum atomic E-state index is 3.57. The summed E-state index contributed by atoms with van der Waals surface area (Å²) in [6.45, 7) is 11.8. The number of hydrogen-bond acceptors (Lipinski definition) is 1. The summed E-state index contributed by atoms with van der Waals surface area (Å²) in [6, 6.07) is 0. The molecule has 0 aliphatic carbocycles. The van der Waals surface area contributed by atoms with Crippen molar-refractivity contribution >= 4 is 15.9 Å². The van der Waals surface area contributed by atoms with E-state index in [1.807, 2.05) is 0 Å². The largest absolute Gasteiger partial charge is 0.311 e. The van der Waals surface area contributed by atoms with Crippen molar-refractivity contribution in [1.29, 1.82) is 0 Å². The van der Waals surface area contributed by atoms with E-state index >= 15 is 0 Å². The van der Waals surface area contributed by atoms with Crippen LogP contribution >= 0.6 is 15.9 Å². The Morgan fingerprint density at radius 3 is 1.60 bits per heavy atom. The van der Waals surface area contributed by atoms with Crippen LogP contribution in [0.1, 0.15) is 34.6 Å². The maximum absolute atomic E-state index is 3.57. The molecule has 0 saturated heterocycles. The highest BCUT2D eigenvalue weighted by Crippen LogP contribution is 2.15. The molecule has 0 rings (SSSR count). The topological polar surface area (TPSA) is 12.0 Å². The van der Waals surface area contributed by atoms with Crippen LogP contribution in [0.25, 0.3) is 0 Å².